The topological polar surface area (TPSA) is 67.5 Å². The Bertz CT molecular complexity index is 857. The van der Waals surface area contributed by atoms with Gasteiger partial charge in [-0.1, -0.05) is 6.07 Å². The second-order valence-corrected chi connectivity index (χ2v) is 8.07. The first kappa shape index (κ1) is 19.6. The van der Waals surface area contributed by atoms with E-state index in [0.29, 0.717) is 13.2 Å². The van der Waals surface area contributed by atoms with Gasteiger partial charge in [0.05, 0.1) is 17.4 Å². The highest BCUT2D eigenvalue weighted by molar-refractivity contribution is 7.59. The average molecular weight is 390 g/mol. The number of H-pyrrole nitrogens is 1. The van der Waals surface area contributed by atoms with Crippen molar-refractivity contribution in [3.63, 3.8) is 0 Å². The van der Waals surface area contributed by atoms with E-state index in [0.717, 1.165) is 46.9 Å². The Balaban J connectivity index is 0.00000210. The van der Waals surface area contributed by atoms with Crippen molar-refractivity contribution >= 4 is 19.6 Å². The highest BCUT2D eigenvalue weighted by Crippen LogP contribution is 2.39. The van der Waals surface area contributed by atoms with Crippen LogP contribution in [-0.4, -0.2) is 33.1 Å². The third-order valence-electron chi connectivity index (χ3n) is 4.76. The van der Waals surface area contributed by atoms with E-state index < -0.39 is 5.60 Å². The van der Waals surface area contributed by atoms with Crippen LogP contribution in [0.2, 0.25) is 0 Å². The number of carbonyl (C=O) groups excluding carboxylic acids is 1. The highest BCUT2D eigenvalue weighted by atomic mass is 32.1. The van der Waals surface area contributed by atoms with Crippen LogP contribution in [-0.2, 0) is 11.3 Å². The molecule has 1 saturated heterocycles. The molecule has 3 heterocycles. The number of aromatic amines is 1. The zero-order valence-electron chi connectivity index (χ0n) is 16.3. The van der Waals surface area contributed by atoms with Crippen LogP contribution in [0.4, 0.5) is 4.79 Å². The van der Waals surface area contributed by atoms with Gasteiger partial charge in [0, 0.05) is 12.1 Å². The lowest BCUT2D eigenvalue weighted by atomic mass is 10.0. The van der Waals surface area contributed by atoms with Crippen LogP contribution in [0, 0.1) is 6.92 Å². The Morgan fingerprint density at radius 1 is 1.37 bits per heavy atom. The van der Waals surface area contributed by atoms with Gasteiger partial charge in [0.2, 0.25) is 0 Å². The van der Waals surface area contributed by atoms with Crippen molar-refractivity contribution in [2.45, 2.75) is 58.8 Å². The van der Waals surface area contributed by atoms with Gasteiger partial charge in [-0.2, -0.15) is 13.5 Å². The van der Waals surface area contributed by atoms with Crippen LogP contribution < -0.4 is 4.74 Å². The number of imidazole rings is 1. The summed E-state index contributed by atoms with van der Waals surface area (Å²) in [5.41, 5.74) is 3.55. The average Bonchev–Trinajstić information content (AvgIpc) is 3.19. The predicted molar refractivity (Wildman–Crippen MR) is 108 cm³/mol. The van der Waals surface area contributed by atoms with Crippen molar-refractivity contribution in [2.24, 2.45) is 0 Å². The molecule has 0 radical (unpaired) electrons. The fourth-order valence-corrected chi connectivity index (χ4v) is 3.60. The van der Waals surface area contributed by atoms with Crippen LogP contribution in [0.25, 0.3) is 11.3 Å². The van der Waals surface area contributed by atoms with E-state index in [4.69, 9.17) is 14.5 Å². The highest BCUT2D eigenvalue weighted by Gasteiger charge is 2.36. The molecule has 0 unspecified atom stereocenters. The number of aryl methyl sites for hydroxylation is 1. The molecule has 0 saturated carbocycles. The molecule has 0 spiro atoms. The number of ether oxygens (including phenoxy) is 2. The summed E-state index contributed by atoms with van der Waals surface area (Å²) in [5, 5.41) is 0. The van der Waals surface area contributed by atoms with Crippen LogP contribution in [0.5, 0.6) is 5.75 Å². The van der Waals surface area contributed by atoms with Crippen molar-refractivity contribution in [2.75, 3.05) is 6.54 Å². The fraction of sp³-hybridized carbons (Fsp3) is 0.500. The number of benzene rings is 1. The molecule has 2 aliphatic heterocycles. The monoisotopic (exact) mass is 389 g/mol. The van der Waals surface area contributed by atoms with Crippen LogP contribution in [0.3, 0.4) is 0 Å². The zero-order valence-corrected chi connectivity index (χ0v) is 17.3. The normalized spacial score (nSPS) is 18.2. The van der Waals surface area contributed by atoms with E-state index in [1.165, 1.54) is 0 Å². The second-order valence-electron chi connectivity index (χ2n) is 8.07. The molecule has 2 aliphatic rings. The maximum absolute atomic E-state index is 12.6. The van der Waals surface area contributed by atoms with Gasteiger partial charge in [-0.25, -0.2) is 9.78 Å². The molecule has 1 aromatic carbocycles. The summed E-state index contributed by atoms with van der Waals surface area (Å²) in [6.45, 7) is 8.87. The van der Waals surface area contributed by atoms with Crippen molar-refractivity contribution in [3.05, 3.63) is 35.3 Å². The molecule has 1 N–H and O–H groups in total. The van der Waals surface area contributed by atoms with Crippen molar-refractivity contribution in [3.8, 4) is 17.0 Å². The molecule has 1 fully saturated rings. The SMILES string of the molecule is Cc1ccc2c(c1)OCc1[nH]c([C@@H]3CCCN3C(=O)OC(C)(C)C)nc1-2.S. The summed E-state index contributed by atoms with van der Waals surface area (Å²) in [7, 11) is 0. The summed E-state index contributed by atoms with van der Waals surface area (Å²) in [6.07, 6.45) is 1.55. The van der Waals surface area contributed by atoms with E-state index in [1.54, 1.807) is 4.90 Å². The number of fused-ring (bicyclic) bond motifs is 3. The molecule has 2 aromatic rings. The lowest BCUT2D eigenvalue weighted by Gasteiger charge is -2.27. The summed E-state index contributed by atoms with van der Waals surface area (Å²) >= 11 is 0. The predicted octanol–water partition coefficient (Wildman–Crippen LogP) is 4.46. The van der Waals surface area contributed by atoms with E-state index in [9.17, 15) is 4.79 Å². The second kappa shape index (κ2) is 7.11. The number of likely N-dealkylation sites (tertiary alicyclic amines) is 1. The third-order valence-corrected chi connectivity index (χ3v) is 4.76. The molecule has 27 heavy (non-hydrogen) atoms. The largest absolute Gasteiger partial charge is 0.487 e. The molecular weight excluding hydrogens is 362 g/mol. The Kier molecular flexibility index (Phi) is 5.16. The van der Waals surface area contributed by atoms with E-state index in [2.05, 4.69) is 11.1 Å². The minimum absolute atomic E-state index is 0. The number of amides is 1. The quantitative estimate of drug-likeness (QED) is 0.782. The van der Waals surface area contributed by atoms with Crippen LogP contribution >= 0.6 is 13.5 Å². The molecule has 6 nitrogen and oxygen atoms in total. The van der Waals surface area contributed by atoms with Gasteiger partial charge < -0.3 is 14.5 Å². The van der Waals surface area contributed by atoms with Gasteiger partial charge in [0.1, 0.15) is 23.8 Å². The first-order valence-electron chi connectivity index (χ1n) is 9.14. The minimum Gasteiger partial charge on any atom is -0.487 e. The smallest absolute Gasteiger partial charge is 0.410 e. The van der Waals surface area contributed by atoms with Crippen molar-refractivity contribution in [1.29, 1.82) is 0 Å². The van der Waals surface area contributed by atoms with Gasteiger partial charge in [-0.05, 0) is 58.2 Å². The fourth-order valence-electron chi connectivity index (χ4n) is 3.60. The zero-order chi connectivity index (χ0) is 18.5. The third kappa shape index (κ3) is 3.78. The molecule has 7 heteroatoms. The minimum atomic E-state index is -0.503. The lowest BCUT2D eigenvalue weighted by molar-refractivity contribution is 0.0218. The summed E-state index contributed by atoms with van der Waals surface area (Å²) in [6, 6.07) is 6.07. The maximum atomic E-state index is 12.6. The van der Waals surface area contributed by atoms with Crippen LogP contribution in [0.15, 0.2) is 18.2 Å². The number of hydrogen-bond acceptors (Lipinski definition) is 4. The van der Waals surface area contributed by atoms with E-state index in [-0.39, 0.29) is 25.6 Å². The van der Waals surface area contributed by atoms with Gasteiger partial charge >= 0.3 is 6.09 Å². The molecule has 1 aromatic heterocycles. The number of hydrogen-bond donors (Lipinski definition) is 1. The first-order valence-corrected chi connectivity index (χ1v) is 9.14. The Hall–Kier alpha value is -2.15. The molecule has 0 aliphatic carbocycles. The number of aromatic nitrogens is 2. The van der Waals surface area contributed by atoms with Gasteiger partial charge in [-0.3, -0.25) is 4.90 Å². The van der Waals surface area contributed by atoms with Gasteiger partial charge in [0.25, 0.3) is 0 Å². The van der Waals surface area contributed by atoms with Crippen molar-refractivity contribution < 1.29 is 14.3 Å². The van der Waals surface area contributed by atoms with Crippen molar-refractivity contribution in [1.82, 2.24) is 14.9 Å². The van der Waals surface area contributed by atoms with Gasteiger partial charge in [0.15, 0.2) is 0 Å². The maximum Gasteiger partial charge on any atom is 0.410 e. The van der Waals surface area contributed by atoms with Gasteiger partial charge in [-0.15, -0.1) is 0 Å². The standard InChI is InChI=1S/C20H25N3O3.H2S/c1-12-7-8-13-16(10-12)25-11-14-17(13)22-18(21-14)15-6-5-9-23(15)19(24)26-20(2,3)4;/h7-8,10,15H,5-6,9,11H2,1-4H3,(H,21,22);1H2/t15-;/m0./s1. The molecule has 0 bridgehead atoms. The Morgan fingerprint density at radius 2 is 2.15 bits per heavy atom. The number of nitrogens with zero attached hydrogens (tertiary/aromatic N) is 2. The van der Waals surface area contributed by atoms with E-state index >= 15 is 0 Å². The molecular formula is C20H27N3O3S. The number of carbonyl (C=O) groups is 1. The summed E-state index contributed by atoms with van der Waals surface area (Å²) < 4.78 is 11.4. The van der Waals surface area contributed by atoms with E-state index in [1.807, 2.05) is 39.8 Å². The Morgan fingerprint density at radius 3 is 2.89 bits per heavy atom. The molecule has 1 atom stereocenters. The van der Waals surface area contributed by atoms with Crippen LogP contribution in [0.1, 0.15) is 56.7 Å². The first-order chi connectivity index (χ1) is 12.3. The summed E-state index contributed by atoms with van der Waals surface area (Å²) in [4.78, 5) is 22.6. The number of rotatable bonds is 1. The molecule has 146 valence electrons. The summed E-state index contributed by atoms with van der Waals surface area (Å²) in [5.74, 6) is 1.68. The number of nitrogens with one attached hydrogen (secondary N) is 1. The molecule has 4 rings (SSSR count). The lowest BCUT2D eigenvalue weighted by Crippen LogP contribution is -2.36. The Labute approximate surface area is 166 Å². The molecule has 1 amide bonds.